The highest BCUT2D eigenvalue weighted by atomic mass is 19.4. The first kappa shape index (κ1) is 14.3. The number of aryl methyl sites for hydroxylation is 1. The van der Waals surface area contributed by atoms with Crippen molar-refractivity contribution in [3.63, 3.8) is 0 Å². The van der Waals surface area contributed by atoms with E-state index in [1.165, 1.54) is 4.57 Å². The Morgan fingerprint density at radius 2 is 2.21 bits per heavy atom. The van der Waals surface area contributed by atoms with Gasteiger partial charge in [-0.15, -0.1) is 10.2 Å². The maximum absolute atomic E-state index is 12.8. The zero-order chi connectivity index (χ0) is 14.0. The summed E-state index contributed by atoms with van der Waals surface area (Å²) < 4.78 is 44.7. The molecule has 2 N–H and O–H groups in total. The van der Waals surface area contributed by atoms with Crippen LogP contribution in [-0.4, -0.2) is 34.7 Å². The minimum Gasteiger partial charge on any atom is -0.385 e. The van der Waals surface area contributed by atoms with Crippen LogP contribution < -0.4 is 5.73 Å². The lowest BCUT2D eigenvalue weighted by molar-refractivity contribution is -0.182. The SMILES string of the molecule is COCCC(N)c1nnc2n1CC(C(F)(F)F)CC2. The Kier molecular flexibility index (Phi) is 4.10. The van der Waals surface area contributed by atoms with E-state index in [2.05, 4.69) is 10.2 Å². The van der Waals surface area contributed by atoms with Crippen molar-refractivity contribution in [3.05, 3.63) is 11.6 Å². The van der Waals surface area contributed by atoms with Crippen molar-refractivity contribution < 1.29 is 17.9 Å². The smallest absolute Gasteiger partial charge is 0.385 e. The van der Waals surface area contributed by atoms with Crippen LogP contribution in [0.3, 0.4) is 0 Å². The van der Waals surface area contributed by atoms with Crippen LogP contribution in [-0.2, 0) is 17.7 Å². The van der Waals surface area contributed by atoms with Gasteiger partial charge in [0.1, 0.15) is 11.6 Å². The van der Waals surface area contributed by atoms with Crippen molar-refractivity contribution in [3.8, 4) is 0 Å². The van der Waals surface area contributed by atoms with E-state index in [9.17, 15) is 13.2 Å². The second-order valence-corrected chi connectivity index (χ2v) is 4.75. The minimum absolute atomic E-state index is 0.0644. The van der Waals surface area contributed by atoms with Gasteiger partial charge in [0, 0.05) is 26.7 Å². The van der Waals surface area contributed by atoms with E-state index in [4.69, 9.17) is 10.5 Å². The molecule has 0 amide bonds. The Morgan fingerprint density at radius 3 is 2.84 bits per heavy atom. The quantitative estimate of drug-likeness (QED) is 0.905. The fraction of sp³-hybridized carbons (Fsp3) is 0.818. The molecule has 0 saturated heterocycles. The summed E-state index contributed by atoms with van der Waals surface area (Å²) in [6, 6.07) is -0.451. The van der Waals surface area contributed by atoms with Crippen LogP contribution in [0.4, 0.5) is 13.2 Å². The van der Waals surface area contributed by atoms with Gasteiger partial charge in [-0.05, 0) is 12.8 Å². The number of nitrogens with two attached hydrogens (primary N) is 1. The normalized spacial score (nSPS) is 21.2. The summed E-state index contributed by atoms with van der Waals surface area (Å²) in [6.45, 7) is 0.300. The highest BCUT2D eigenvalue weighted by molar-refractivity contribution is 5.04. The molecule has 2 rings (SSSR count). The van der Waals surface area contributed by atoms with Crippen molar-refractivity contribution in [1.82, 2.24) is 14.8 Å². The van der Waals surface area contributed by atoms with Crippen LogP contribution in [0.25, 0.3) is 0 Å². The Bertz CT molecular complexity index is 432. The molecule has 0 aliphatic carbocycles. The molecule has 2 heterocycles. The van der Waals surface area contributed by atoms with E-state index >= 15 is 0 Å². The molecule has 1 aliphatic heterocycles. The minimum atomic E-state index is -4.18. The topological polar surface area (TPSA) is 66.0 Å². The zero-order valence-corrected chi connectivity index (χ0v) is 10.7. The number of nitrogens with zero attached hydrogens (tertiary/aromatic N) is 3. The monoisotopic (exact) mass is 278 g/mol. The van der Waals surface area contributed by atoms with Crippen LogP contribution >= 0.6 is 0 Å². The van der Waals surface area contributed by atoms with E-state index < -0.39 is 18.1 Å². The van der Waals surface area contributed by atoms with Gasteiger partial charge in [0.05, 0.1) is 12.0 Å². The van der Waals surface area contributed by atoms with Gasteiger partial charge in [-0.3, -0.25) is 0 Å². The average Bonchev–Trinajstić information content (AvgIpc) is 2.77. The molecule has 2 unspecified atom stereocenters. The maximum Gasteiger partial charge on any atom is 0.393 e. The summed E-state index contributed by atoms with van der Waals surface area (Å²) in [5.74, 6) is -0.339. The van der Waals surface area contributed by atoms with Crippen LogP contribution in [0.15, 0.2) is 0 Å². The fourth-order valence-electron chi connectivity index (χ4n) is 2.26. The van der Waals surface area contributed by atoms with Crippen molar-refractivity contribution in [2.75, 3.05) is 13.7 Å². The van der Waals surface area contributed by atoms with E-state index in [0.29, 0.717) is 24.7 Å². The molecule has 108 valence electrons. The van der Waals surface area contributed by atoms with Crippen molar-refractivity contribution in [2.24, 2.45) is 11.7 Å². The molecule has 0 radical (unpaired) electrons. The largest absolute Gasteiger partial charge is 0.393 e. The van der Waals surface area contributed by atoms with E-state index in [1.54, 1.807) is 7.11 Å². The number of hydrogen-bond acceptors (Lipinski definition) is 4. The highest BCUT2D eigenvalue weighted by Gasteiger charge is 2.42. The summed E-state index contributed by atoms with van der Waals surface area (Å²) in [6.07, 6.45) is -3.33. The predicted molar refractivity (Wildman–Crippen MR) is 61.3 cm³/mol. The first-order valence-electron chi connectivity index (χ1n) is 6.16. The molecule has 1 aromatic heterocycles. The molecule has 0 aromatic carbocycles. The number of aromatic nitrogens is 3. The third kappa shape index (κ3) is 3.06. The van der Waals surface area contributed by atoms with Crippen LogP contribution in [0, 0.1) is 5.92 Å². The van der Waals surface area contributed by atoms with Gasteiger partial charge in [-0.1, -0.05) is 0 Å². The van der Waals surface area contributed by atoms with Gasteiger partial charge in [0.2, 0.25) is 0 Å². The number of fused-ring (bicyclic) bond motifs is 1. The van der Waals surface area contributed by atoms with Gasteiger partial charge in [-0.25, -0.2) is 0 Å². The molecule has 5 nitrogen and oxygen atoms in total. The molecule has 8 heteroatoms. The van der Waals surface area contributed by atoms with E-state index in [0.717, 1.165) is 0 Å². The van der Waals surface area contributed by atoms with Crippen molar-refractivity contribution in [2.45, 2.75) is 38.0 Å². The van der Waals surface area contributed by atoms with Gasteiger partial charge < -0.3 is 15.0 Å². The van der Waals surface area contributed by atoms with Crippen LogP contribution in [0.5, 0.6) is 0 Å². The molecule has 0 bridgehead atoms. The average molecular weight is 278 g/mol. The number of rotatable bonds is 4. The lowest BCUT2D eigenvalue weighted by Crippen LogP contribution is -2.33. The molecule has 2 atom stereocenters. The second-order valence-electron chi connectivity index (χ2n) is 4.75. The molecule has 0 spiro atoms. The van der Waals surface area contributed by atoms with Crippen LogP contribution in [0.2, 0.25) is 0 Å². The third-order valence-corrected chi connectivity index (χ3v) is 3.40. The highest BCUT2D eigenvalue weighted by Crippen LogP contribution is 2.35. The van der Waals surface area contributed by atoms with Crippen molar-refractivity contribution >= 4 is 0 Å². The fourth-order valence-corrected chi connectivity index (χ4v) is 2.26. The molecular weight excluding hydrogens is 261 g/mol. The number of hydrogen-bond donors (Lipinski definition) is 1. The summed E-state index contributed by atoms with van der Waals surface area (Å²) in [4.78, 5) is 0. The molecular formula is C11H17F3N4O. The molecule has 0 fully saturated rings. The zero-order valence-electron chi connectivity index (χ0n) is 10.7. The Hall–Kier alpha value is -1.15. The van der Waals surface area contributed by atoms with Gasteiger partial charge >= 0.3 is 6.18 Å². The van der Waals surface area contributed by atoms with Gasteiger partial charge in [0.15, 0.2) is 0 Å². The summed E-state index contributed by atoms with van der Waals surface area (Å²) in [7, 11) is 1.55. The number of halogens is 3. The molecule has 0 saturated carbocycles. The molecule has 19 heavy (non-hydrogen) atoms. The van der Waals surface area contributed by atoms with Gasteiger partial charge in [0.25, 0.3) is 0 Å². The van der Waals surface area contributed by atoms with Crippen molar-refractivity contribution in [1.29, 1.82) is 0 Å². The maximum atomic E-state index is 12.8. The number of methoxy groups -OCH3 is 1. The lowest BCUT2D eigenvalue weighted by Gasteiger charge is -2.27. The number of alkyl halides is 3. The Balaban J connectivity index is 2.15. The van der Waals surface area contributed by atoms with E-state index in [-0.39, 0.29) is 19.4 Å². The van der Waals surface area contributed by atoms with E-state index in [1.807, 2.05) is 0 Å². The first-order chi connectivity index (χ1) is 8.93. The van der Waals surface area contributed by atoms with Crippen LogP contribution in [0.1, 0.15) is 30.5 Å². The Labute approximate surface area is 108 Å². The predicted octanol–water partition coefficient (Wildman–Crippen LogP) is 1.44. The molecule has 1 aromatic rings. The standard InChI is InChI=1S/C11H17F3N4O/c1-19-5-4-8(15)10-17-16-9-3-2-7(6-18(9)10)11(12,13)14/h7-8H,2-6,15H2,1H3. The summed E-state index contributed by atoms with van der Waals surface area (Å²) >= 11 is 0. The second kappa shape index (κ2) is 5.46. The lowest BCUT2D eigenvalue weighted by atomic mass is 9.98. The first-order valence-corrected chi connectivity index (χ1v) is 6.16. The third-order valence-electron chi connectivity index (χ3n) is 3.40. The molecule has 1 aliphatic rings. The summed E-state index contributed by atoms with van der Waals surface area (Å²) in [5, 5.41) is 7.86. The van der Waals surface area contributed by atoms with Gasteiger partial charge in [-0.2, -0.15) is 13.2 Å². The Morgan fingerprint density at radius 1 is 1.47 bits per heavy atom. The number of ether oxygens (including phenoxy) is 1. The summed E-state index contributed by atoms with van der Waals surface area (Å²) in [5.41, 5.74) is 5.92.